The highest BCUT2D eigenvalue weighted by Crippen LogP contribution is 2.10. The Balaban J connectivity index is 1.98. The minimum absolute atomic E-state index is 0.110. The van der Waals surface area contributed by atoms with Crippen molar-refractivity contribution in [3.8, 4) is 0 Å². The van der Waals surface area contributed by atoms with Gasteiger partial charge in [0.05, 0.1) is 6.20 Å². The normalized spacial score (nSPS) is 10.9. The number of benzene rings is 1. The summed E-state index contributed by atoms with van der Waals surface area (Å²) < 4.78 is 1.93. The SMILES string of the molecule is CCn1cc(CN(C)Cc2cccc(C(=N)N)c2)cn1. The summed E-state index contributed by atoms with van der Waals surface area (Å²) in [5.74, 6) is 0.110. The fraction of sp³-hybridized carbons (Fsp3) is 0.333. The van der Waals surface area contributed by atoms with E-state index < -0.39 is 0 Å². The number of hydrogen-bond donors (Lipinski definition) is 2. The molecule has 0 aliphatic heterocycles. The van der Waals surface area contributed by atoms with Gasteiger partial charge in [-0.2, -0.15) is 5.10 Å². The van der Waals surface area contributed by atoms with E-state index >= 15 is 0 Å². The van der Waals surface area contributed by atoms with E-state index in [2.05, 4.69) is 36.2 Å². The largest absolute Gasteiger partial charge is 0.384 e. The van der Waals surface area contributed by atoms with E-state index in [4.69, 9.17) is 11.1 Å². The summed E-state index contributed by atoms with van der Waals surface area (Å²) in [6.07, 6.45) is 3.98. The van der Waals surface area contributed by atoms with Gasteiger partial charge in [-0.25, -0.2) is 0 Å². The maximum absolute atomic E-state index is 7.47. The molecular weight excluding hydrogens is 250 g/mol. The van der Waals surface area contributed by atoms with Gasteiger partial charge in [0, 0.05) is 37.0 Å². The lowest BCUT2D eigenvalue weighted by Gasteiger charge is -2.16. The van der Waals surface area contributed by atoms with Crippen LogP contribution in [0.2, 0.25) is 0 Å². The van der Waals surface area contributed by atoms with Gasteiger partial charge < -0.3 is 5.73 Å². The Morgan fingerprint density at radius 3 is 2.75 bits per heavy atom. The molecule has 106 valence electrons. The first kappa shape index (κ1) is 14.3. The van der Waals surface area contributed by atoms with Crippen LogP contribution in [0.5, 0.6) is 0 Å². The molecule has 0 spiro atoms. The maximum atomic E-state index is 7.47. The molecule has 5 nitrogen and oxygen atoms in total. The second-order valence-corrected chi connectivity index (χ2v) is 4.99. The summed E-state index contributed by atoms with van der Waals surface area (Å²) >= 11 is 0. The summed E-state index contributed by atoms with van der Waals surface area (Å²) in [6.45, 7) is 4.64. The van der Waals surface area contributed by atoms with Crippen LogP contribution in [0.3, 0.4) is 0 Å². The molecule has 0 saturated carbocycles. The molecule has 3 N–H and O–H groups in total. The predicted octanol–water partition coefficient (Wildman–Crippen LogP) is 1.82. The summed E-state index contributed by atoms with van der Waals surface area (Å²) in [4.78, 5) is 2.22. The zero-order chi connectivity index (χ0) is 14.5. The van der Waals surface area contributed by atoms with Crippen LogP contribution in [0.1, 0.15) is 23.6 Å². The quantitative estimate of drug-likeness (QED) is 0.622. The molecule has 1 aromatic carbocycles. The van der Waals surface area contributed by atoms with Crippen LogP contribution in [0.15, 0.2) is 36.7 Å². The monoisotopic (exact) mass is 271 g/mol. The first-order valence-electron chi connectivity index (χ1n) is 6.71. The lowest BCUT2D eigenvalue weighted by atomic mass is 10.1. The van der Waals surface area contributed by atoms with Gasteiger partial charge in [0.15, 0.2) is 0 Å². The number of aromatic nitrogens is 2. The van der Waals surface area contributed by atoms with Gasteiger partial charge in [-0.15, -0.1) is 0 Å². The van der Waals surface area contributed by atoms with Crippen molar-refractivity contribution in [3.63, 3.8) is 0 Å². The Hall–Kier alpha value is -2.14. The van der Waals surface area contributed by atoms with E-state index in [1.54, 1.807) is 0 Å². The zero-order valence-electron chi connectivity index (χ0n) is 12.0. The molecular formula is C15H21N5. The van der Waals surface area contributed by atoms with Crippen molar-refractivity contribution in [1.82, 2.24) is 14.7 Å². The van der Waals surface area contributed by atoms with Gasteiger partial charge >= 0.3 is 0 Å². The van der Waals surface area contributed by atoms with E-state index in [-0.39, 0.29) is 5.84 Å². The third-order valence-electron chi connectivity index (χ3n) is 3.15. The number of amidine groups is 1. The van der Waals surface area contributed by atoms with Crippen molar-refractivity contribution in [1.29, 1.82) is 5.41 Å². The van der Waals surface area contributed by atoms with E-state index in [1.807, 2.05) is 29.1 Å². The van der Waals surface area contributed by atoms with Crippen LogP contribution >= 0.6 is 0 Å². The van der Waals surface area contributed by atoms with Crippen molar-refractivity contribution in [2.45, 2.75) is 26.6 Å². The highest BCUT2D eigenvalue weighted by Gasteiger charge is 2.05. The predicted molar refractivity (Wildman–Crippen MR) is 80.5 cm³/mol. The van der Waals surface area contributed by atoms with Crippen LogP contribution in [0.25, 0.3) is 0 Å². The Morgan fingerprint density at radius 1 is 1.35 bits per heavy atom. The van der Waals surface area contributed by atoms with Gasteiger partial charge in [-0.1, -0.05) is 18.2 Å². The Bertz CT molecular complexity index is 587. The van der Waals surface area contributed by atoms with E-state index in [9.17, 15) is 0 Å². The highest BCUT2D eigenvalue weighted by atomic mass is 15.3. The third kappa shape index (κ3) is 3.68. The van der Waals surface area contributed by atoms with Crippen molar-refractivity contribution in [2.24, 2.45) is 5.73 Å². The smallest absolute Gasteiger partial charge is 0.122 e. The second kappa shape index (κ2) is 6.34. The number of rotatable bonds is 6. The van der Waals surface area contributed by atoms with Crippen LogP contribution in [-0.4, -0.2) is 27.6 Å². The van der Waals surface area contributed by atoms with Gasteiger partial charge in [0.25, 0.3) is 0 Å². The van der Waals surface area contributed by atoms with E-state index in [0.717, 1.165) is 30.8 Å². The number of nitrogens with one attached hydrogen (secondary N) is 1. The topological polar surface area (TPSA) is 70.9 Å². The van der Waals surface area contributed by atoms with Gasteiger partial charge in [-0.3, -0.25) is 15.0 Å². The standard InChI is InChI=1S/C15H21N5/c1-3-20-11-13(8-18-20)10-19(2)9-12-5-4-6-14(7-12)15(16)17/h4-8,11H,3,9-10H2,1-2H3,(H3,16,17). The first-order chi connectivity index (χ1) is 9.58. The van der Waals surface area contributed by atoms with Crippen LogP contribution in [-0.2, 0) is 19.6 Å². The Morgan fingerprint density at radius 2 is 2.10 bits per heavy atom. The molecule has 2 rings (SSSR count). The van der Waals surface area contributed by atoms with Crippen molar-refractivity contribution < 1.29 is 0 Å². The van der Waals surface area contributed by atoms with Gasteiger partial charge in [0.1, 0.15) is 5.84 Å². The third-order valence-corrected chi connectivity index (χ3v) is 3.15. The molecule has 0 saturated heterocycles. The number of nitrogen functional groups attached to an aromatic ring is 1. The molecule has 0 bridgehead atoms. The summed E-state index contributed by atoms with van der Waals surface area (Å²) in [6, 6.07) is 7.82. The van der Waals surface area contributed by atoms with Crippen LogP contribution < -0.4 is 5.73 Å². The van der Waals surface area contributed by atoms with Crippen LogP contribution in [0, 0.1) is 5.41 Å². The first-order valence-corrected chi connectivity index (χ1v) is 6.71. The average molecular weight is 271 g/mol. The van der Waals surface area contributed by atoms with E-state index in [0.29, 0.717) is 0 Å². The number of hydrogen-bond acceptors (Lipinski definition) is 3. The molecule has 0 aliphatic rings. The lowest BCUT2D eigenvalue weighted by molar-refractivity contribution is 0.319. The summed E-state index contributed by atoms with van der Waals surface area (Å²) in [5.41, 5.74) is 8.65. The molecule has 0 atom stereocenters. The van der Waals surface area contributed by atoms with Gasteiger partial charge in [-0.05, 0) is 25.6 Å². The average Bonchev–Trinajstić information content (AvgIpc) is 2.86. The lowest BCUT2D eigenvalue weighted by Crippen LogP contribution is -2.18. The van der Waals surface area contributed by atoms with Crippen molar-refractivity contribution >= 4 is 5.84 Å². The molecule has 2 aromatic rings. The van der Waals surface area contributed by atoms with Crippen LogP contribution in [0.4, 0.5) is 0 Å². The Labute approximate surface area is 119 Å². The summed E-state index contributed by atoms with van der Waals surface area (Å²) in [5, 5.41) is 11.7. The fourth-order valence-electron chi connectivity index (χ4n) is 2.18. The Kier molecular flexibility index (Phi) is 4.53. The highest BCUT2D eigenvalue weighted by molar-refractivity contribution is 5.95. The molecule has 0 amide bonds. The molecule has 20 heavy (non-hydrogen) atoms. The molecule has 1 aromatic heterocycles. The number of nitrogens with two attached hydrogens (primary N) is 1. The van der Waals surface area contributed by atoms with Crippen molar-refractivity contribution in [2.75, 3.05) is 7.05 Å². The molecule has 5 heteroatoms. The molecule has 0 fully saturated rings. The number of aryl methyl sites for hydroxylation is 1. The fourth-order valence-corrected chi connectivity index (χ4v) is 2.18. The molecule has 0 radical (unpaired) electrons. The minimum atomic E-state index is 0.110. The number of nitrogens with zero attached hydrogens (tertiary/aromatic N) is 3. The molecule has 0 aliphatic carbocycles. The zero-order valence-corrected chi connectivity index (χ0v) is 12.0. The molecule has 0 unspecified atom stereocenters. The van der Waals surface area contributed by atoms with E-state index in [1.165, 1.54) is 5.56 Å². The maximum Gasteiger partial charge on any atom is 0.122 e. The summed E-state index contributed by atoms with van der Waals surface area (Å²) in [7, 11) is 2.07. The second-order valence-electron chi connectivity index (χ2n) is 4.99. The molecule has 1 heterocycles. The minimum Gasteiger partial charge on any atom is -0.384 e. The van der Waals surface area contributed by atoms with Gasteiger partial charge in [0.2, 0.25) is 0 Å². The van der Waals surface area contributed by atoms with Crippen molar-refractivity contribution in [3.05, 3.63) is 53.3 Å².